The molecule has 1 saturated heterocycles. The molecule has 1 atom stereocenters. The Kier molecular flexibility index (Phi) is 5.27. The molecule has 1 aliphatic heterocycles. The average Bonchev–Trinajstić information content (AvgIpc) is 3.18. The lowest BCUT2D eigenvalue weighted by Crippen LogP contribution is -2.37. The van der Waals surface area contributed by atoms with Gasteiger partial charge in [-0.05, 0) is 17.4 Å². The summed E-state index contributed by atoms with van der Waals surface area (Å²) in [6.45, 7) is 5.52. The molecule has 0 saturated carbocycles. The van der Waals surface area contributed by atoms with Crippen molar-refractivity contribution in [2.45, 2.75) is 26.1 Å². The normalized spacial score (nSPS) is 16.9. The van der Waals surface area contributed by atoms with Crippen molar-refractivity contribution in [3.05, 3.63) is 10.8 Å². The zero-order valence-corrected chi connectivity index (χ0v) is 14.1. The Morgan fingerprint density at radius 3 is 2.88 bits per heavy atom. The van der Waals surface area contributed by atoms with Gasteiger partial charge in [-0.3, -0.25) is 9.69 Å². The molecule has 0 radical (unpaired) electrons. The molecule has 2 aromatic heterocycles. The third-order valence-corrected chi connectivity index (χ3v) is 4.51. The minimum atomic E-state index is -0.272. The van der Waals surface area contributed by atoms with E-state index in [1.54, 1.807) is 0 Å². The summed E-state index contributed by atoms with van der Waals surface area (Å²) in [6, 6.07) is -0.272. The number of anilines is 1. The first kappa shape index (κ1) is 16.7. The number of nitrogens with zero attached hydrogens (tertiary/aromatic N) is 7. The predicted octanol–water partition coefficient (Wildman–Crippen LogP) is -1.18. The summed E-state index contributed by atoms with van der Waals surface area (Å²) < 4.78 is 6.82. The van der Waals surface area contributed by atoms with E-state index in [-0.39, 0.29) is 18.5 Å². The summed E-state index contributed by atoms with van der Waals surface area (Å²) in [5.41, 5.74) is 5.55. The molecule has 24 heavy (non-hydrogen) atoms. The number of morpholine rings is 1. The Balaban J connectivity index is 1.55. The molecule has 2 aromatic rings. The minimum Gasteiger partial charge on any atom is -0.379 e. The Hall–Kier alpha value is -2.18. The van der Waals surface area contributed by atoms with Crippen molar-refractivity contribution in [3.8, 4) is 0 Å². The smallest absolute Gasteiger partial charge is 0.242 e. The van der Waals surface area contributed by atoms with Crippen LogP contribution in [-0.4, -0.2) is 67.5 Å². The lowest BCUT2D eigenvalue weighted by Gasteiger charge is -2.25. The van der Waals surface area contributed by atoms with E-state index in [2.05, 4.69) is 35.9 Å². The van der Waals surface area contributed by atoms with E-state index in [0.29, 0.717) is 35.7 Å². The number of carbonyl (C=O) groups excluding carboxylic acids is 1. The number of nitrogens with two attached hydrogens (primary N) is 1. The number of hydrogen-bond donors (Lipinski definition) is 2. The lowest BCUT2D eigenvalue weighted by atomic mass is 10.3. The number of nitrogen functional groups attached to an aromatic ring is 1. The molecule has 11 nitrogen and oxygen atoms in total. The summed E-state index contributed by atoms with van der Waals surface area (Å²) >= 11 is 1.25. The largest absolute Gasteiger partial charge is 0.379 e. The van der Waals surface area contributed by atoms with Gasteiger partial charge in [-0.25, -0.2) is 4.68 Å². The van der Waals surface area contributed by atoms with Crippen LogP contribution < -0.4 is 11.1 Å². The third kappa shape index (κ3) is 4.21. The fourth-order valence-corrected chi connectivity index (χ4v) is 2.94. The van der Waals surface area contributed by atoms with Gasteiger partial charge in [-0.1, -0.05) is 11.3 Å². The summed E-state index contributed by atoms with van der Waals surface area (Å²) in [5, 5.41) is 23.1. The van der Waals surface area contributed by atoms with Crippen LogP contribution in [0.1, 0.15) is 23.8 Å². The van der Waals surface area contributed by atoms with Crippen LogP contribution in [0.4, 0.5) is 5.13 Å². The molecule has 3 N–H and O–H groups in total. The van der Waals surface area contributed by atoms with Gasteiger partial charge in [-0.15, -0.1) is 15.3 Å². The van der Waals surface area contributed by atoms with Crippen molar-refractivity contribution < 1.29 is 9.53 Å². The Morgan fingerprint density at radius 2 is 2.17 bits per heavy atom. The number of tetrazole rings is 1. The number of nitrogens with one attached hydrogen (secondary N) is 1. The van der Waals surface area contributed by atoms with Crippen LogP contribution in [-0.2, 0) is 22.6 Å². The second kappa shape index (κ2) is 7.59. The van der Waals surface area contributed by atoms with Crippen LogP contribution in [0.3, 0.4) is 0 Å². The Bertz CT molecular complexity index is 682. The highest BCUT2D eigenvalue weighted by Gasteiger charge is 2.18. The maximum Gasteiger partial charge on any atom is 0.242 e. The topological polar surface area (TPSA) is 137 Å². The quantitative estimate of drug-likeness (QED) is 0.657. The van der Waals surface area contributed by atoms with E-state index in [1.807, 2.05) is 6.92 Å². The number of ether oxygens (including phenoxy) is 1. The van der Waals surface area contributed by atoms with Crippen molar-refractivity contribution >= 4 is 22.4 Å². The molecule has 1 amide bonds. The van der Waals surface area contributed by atoms with E-state index in [4.69, 9.17) is 10.5 Å². The first-order valence-corrected chi connectivity index (χ1v) is 8.37. The highest BCUT2D eigenvalue weighted by molar-refractivity contribution is 7.15. The van der Waals surface area contributed by atoms with Gasteiger partial charge in [0.05, 0.1) is 25.8 Å². The molecule has 1 aliphatic rings. The van der Waals surface area contributed by atoms with Gasteiger partial charge in [0, 0.05) is 13.1 Å². The van der Waals surface area contributed by atoms with Crippen LogP contribution >= 0.6 is 11.3 Å². The molecule has 130 valence electrons. The van der Waals surface area contributed by atoms with Gasteiger partial charge in [0.25, 0.3) is 0 Å². The third-order valence-electron chi connectivity index (χ3n) is 3.57. The van der Waals surface area contributed by atoms with Crippen molar-refractivity contribution in [3.63, 3.8) is 0 Å². The van der Waals surface area contributed by atoms with E-state index in [9.17, 15) is 4.79 Å². The van der Waals surface area contributed by atoms with Gasteiger partial charge in [0.15, 0.2) is 5.82 Å². The van der Waals surface area contributed by atoms with Crippen molar-refractivity contribution in [2.24, 2.45) is 0 Å². The van der Waals surface area contributed by atoms with Gasteiger partial charge in [0.2, 0.25) is 11.0 Å². The predicted molar refractivity (Wildman–Crippen MR) is 84.8 cm³/mol. The van der Waals surface area contributed by atoms with Crippen molar-refractivity contribution in [1.82, 2.24) is 40.6 Å². The molecule has 3 heterocycles. The maximum absolute atomic E-state index is 12.2. The van der Waals surface area contributed by atoms with Crippen LogP contribution in [0.2, 0.25) is 0 Å². The zero-order chi connectivity index (χ0) is 16.9. The van der Waals surface area contributed by atoms with Gasteiger partial charge in [0.1, 0.15) is 11.6 Å². The number of hydrogen-bond acceptors (Lipinski definition) is 10. The number of carbonyl (C=O) groups is 1. The van der Waals surface area contributed by atoms with Gasteiger partial charge < -0.3 is 15.8 Å². The standard InChI is InChI=1S/C12H19N9O2S/c1-8(11-16-17-12(13)24-11)14-10(22)7-21-9(15-18-19-21)6-20-2-4-23-5-3-20/h8H,2-7H2,1H3,(H2,13,17)(H,14,22)/t8-/m0/s1. The molecule has 3 rings (SSSR count). The highest BCUT2D eigenvalue weighted by Crippen LogP contribution is 2.18. The Morgan fingerprint density at radius 1 is 1.38 bits per heavy atom. The number of aromatic nitrogens is 6. The number of rotatable bonds is 6. The second-order valence-corrected chi connectivity index (χ2v) is 6.45. The van der Waals surface area contributed by atoms with Crippen LogP contribution in [0, 0.1) is 0 Å². The molecule has 0 aliphatic carbocycles. The van der Waals surface area contributed by atoms with Gasteiger partial charge >= 0.3 is 0 Å². The molecule has 1 fully saturated rings. The summed E-state index contributed by atoms with van der Waals surface area (Å²) in [4.78, 5) is 14.4. The average molecular weight is 353 g/mol. The highest BCUT2D eigenvalue weighted by atomic mass is 32.1. The monoisotopic (exact) mass is 353 g/mol. The van der Waals surface area contributed by atoms with E-state index >= 15 is 0 Å². The number of amides is 1. The first-order valence-electron chi connectivity index (χ1n) is 7.55. The molecule has 0 aromatic carbocycles. The maximum atomic E-state index is 12.2. The SMILES string of the molecule is C[C@H](NC(=O)Cn1nnnc1CN1CCOCC1)c1nnc(N)s1. The molecular weight excluding hydrogens is 334 g/mol. The molecule has 0 bridgehead atoms. The fourth-order valence-electron chi connectivity index (χ4n) is 2.32. The van der Waals surface area contributed by atoms with E-state index < -0.39 is 0 Å². The van der Waals surface area contributed by atoms with Gasteiger partial charge in [-0.2, -0.15) is 0 Å². The van der Waals surface area contributed by atoms with Crippen molar-refractivity contribution in [2.75, 3.05) is 32.0 Å². The summed E-state index contributed by atoms with van der Waals surface area (Å²) in [5.74, 6) is 0.451. The second-order valence-electron chi connectivity index (χ2n) is 5.41. The molecular formula is C12H19N9O2S. The zero-order valence-electron chi connectivity index (χ0n) is 13.3. The van der Waals surface area contributed by atoms with E-state index in [0.717, 1.165) is 13.1 Å². The Labute approximate surface area is 142 Å². The van der Waals surface area contributed by atoms with Crippen LogP contribution in [0.25, 0.3) is 0 Å². The van der Waals surface area contributed by atoms with Crippen molar-refractivity contribution in [1.29, 1.82) is 0 Å². The van der Waals surface area contributed by atoms with E-state index in [1.165, 1.54) is 16.0 Å². The summed E-state index contributed by atoms with van der Waals surface area (Å²) in [6.07, 6.45) is 0. The van der Waals surface area contributed by atoms with Crippen LogP contribution in [0.15, 0.2) is 0 Å². The molecule has 0 spiro atoms. The fraction of sp³-hybridized carbons (Fsp3) is 0.667. The molecule has 0 unspecified atom stereocenters. The summed E-state index contributed by atoms with van der Waals surface area (Å²) in [7, 11) is 0. The first-order chi connectivity index (χ1) is 11.6. The minimum absolute atomic E-state index is 0.0469. The van der Waals surface area contributed by atoms with Crippen LogP contribution in [0.5, 0.6) is 0 Å². The molecule has 12 heteroatoms. The lowest BCUT2D eigenvalue weighted by molar-refractivity contribution is -0.122.